The van der Waals surface area contributed by atoms with Crippen LogP contribution >= 0.6 is 0 Å². The van der Waals surface area contributed by atoms with Crippen molar-refractivity contribution in [3.63, 3.8) is 0 Å². The molecule has 1 aromatic rings. The summed E-state index contributed by atoms with van der Waals surface area (Å²) < 4.78 is 16.0. The van der Waals surface area contributed by atoms with Gasteiger partial charge in [-0.15, -0.1) is 0 Å². The molecule has 5 nitrogen and oxygen atoms in total. The monoisotopic (exact) mass is 321 g/mol. The molecule has 0 saturated heterocycles. The molecule has 1 unspecified atom stereocenters. The van der Waals surface area contributed by atoms with E-state index in [4.69, 9.17) is 14.2 Å². The highest BCUT2D eigenvalue weighted by Crippen LogP contribution is 2.31. The molecule has 0 radical (unpaired) electrons. The van der Waals surface area contributed by atoms with E-state index in [0.717, 1.165) is 31.2 Å². The van der Waals surface area contributed by atoms with Crippen molar-refractivity contribution in [2.24, 2.45) is 5.92 Å². The van der Waals surface area contributed by atoms with E-state index in [2.05, 4.69) is 5.32 Å². The zero-order chi connectivity index (χ0) is 16.7. The molecule has 1 aromatic carbocycles. The molecular formula is C18H27NO4. The van der Waals surface area contributed by atoms with Crippen molar-refractivity contribution in [2.75, 3.05) is 27.4 Å². The molecule has 128 valence electrons. The minimum absolute atomic E-state index is 0.0509. The van der Waals surface area contributed by atoms with Crippen LogP contribution in [0.1, 0.15) is 44.2 Å². The van der Waals surface area contributed by atoms with Crippen LogP contribution in [0.15, 0.2) is 18.2 Å². The first-order chi connectivity index (χ1) is 11.2. The van der Waals surface area contributed by atoms with E-state index >= 15 is 0 Å². The van der Waals surface area contributed by atoms with Crippen LogP contribution in [-0.4, -0.2) is 33.3 Å². The van der Waals surface area contributed by atoms with Gasteiger partial charge in [0.25, 0.3) is 0 Å². The van der Waals surface area contributed by atoms with E-state index < -0.39 is 0 Å². The number of benzene rings is 1. The van der Waals surface area contributed by atoms with Gasteiger partial charge in [0.1, 0.15) is 6.61 Å². The molecule has 1 amide bonds. The minimum atomic E-state index is -0.0509. The van der Waals surface area contributed by atoms with Gasteiger partial charge in [-0.25, -0.2) is 0 Å². The highest BCUT2D eigenvalue weighted by atomic mass is 16.5. The Hall–Kier alpha value is -1.75. The minimum Gasteiger partial charge on any atom is -0.493 e. The Labute approximate surface area is 138 Å². The molecule has 5 heteroatoms. The van der Waals surface area contributed by atoms with Gasteiger partial charge in [0.05, 0.1) is 19.8 Å². The Bertz CT molecular complexity index is 512. The first-order valence-corrected chi connectivity index (χ1v) is 8.25. The lowest BCUT2D eigenvalue weighted by atomic mass is 10.0. The van der Waals surface area contributed by atoms with Crippen LogP contribution in [-0.2, 0) is 9.53 Å². The lowest BCUT2D eigenvalue weighted by molar-refractivity contribution is -0.125. The number of nitrogens with one attached hydrogen (secondary N) is 1. The van der Waals surface area contributed by atoms with Crippen LogP contribution in [0.3, 0.4) is 0 Å². The second kappa shape index (κ2) is 8.77. The molecule has 23 heavy (non-hydrogen) atoms. The largest absolute Gasteiger partial charge is 0.493 e. The van der Waals surface area contributed by atoms with E-state index in [1.54, 1.807) is 14.2 Å². The molecule has 1 saturated carbocycles. The number of rotatable bonds is 8. The summed E-state index contributed by atoms with van der Waals surface area (Å²) >= 11 is 0. The molecule has 1 atom stereocenters. The van der Waals surface area contributed by atoms with Crippen molar-refractivity contribution in [1.82, 2.24) is 5.32 Å². The van der Waals surface area contributed by atoms with Gasteiger partial charge in [0, 0.05) is 13.0 Å². The number of ether oxygens (including phenoxy) is 3. The Balaban J connectivity index is 1.99. The normalized spacial score (nSPS) is 16.1. The van der Waals surface area contributed by atoms with Crippen LogP contribution in [0.25, 0.3) is 0 Å². The zero-order valence-electron chi connectivity index (χ0n) is 14.3. The smallest absolute Gasteiger partial charge is 0.223 e. The second-order valence-electron chi connectivity index (χ2n) is 5.96. The van der Waals surface area contributed by atoms with Gasteiger partial charge < -0.3 is 19.5 Å². The summed E-state index contributed by atoms with van der Waals surface area (Å²) in [4.78, 5) is 12.2. The van der Waals surface area contributed by atoms with Crippen LogP contribution < -0.4 is 14.8 Å². The summed E-state index contributed by atoms with van der Waals surface area (Å²) in [6.07, 6.45) is 4.34. The maximum absolute atomic E-state index is 12.2. The van der Waals surface area contributed by atoms with Gasteiger partial charge >= 0.3 is 0 Å². The Morgan fingerprint density at radius 2 is 1.96 bits per heavy atom. The van der Waals surface area contributed by atoms with Crippen LogP contribution in [0, 0.1) is 5.92 Å². The third-order valence-electron chi connectivity index (χ3n) is 4.32. The maximum atomic E-state index is 12.2. The Morgan fingerprint density at radius 1 is 1.22 bits per heavy atom. The lowest BCUT2D eigenvalue weighted by Crippen LogP contribution is -2.31. The van der Waals surface area contributed by atoms with Gasteiger partial charge in [-0.1, -0.05) is 18.9 Å². The molecule has 0 spiro atoms. The summed E-state index contributed by atoms with van der Waals surface area (Å²) in [6.45, 7) is 2.99. The van der Waals surface area contributed by atoms with E-state index in [-0.39, 0.29) is 17.9 Å². The number of amides is 1. The summed E-state index contributed by atoms with van der Waals surface area (Å²) in [5.41, 5.74) is 1.01. The molecule has 1 fully saturated rings. The highest BCUT2D eigenvalue weighted by Gasteiger charge is 2.24. The number of hydrogen-bond acceptors (Lipinski definition) is 4. The highest BCUT2D eigenvalue weighted by molar-refractivity contribution is 5.79. The van der Waals surface area contributed by atoms with Crippen LogP contribution in [0.4, 0.5) is 0 Å². The fourth-order valence-electron chi connectivity index (χ4n) is 2.91. The quantitative estimate of drug-likeness (QED) is 0.748. The Kier molecular flexibility index (Phi) is 6.71. The van der Waals surface area contributed by atoms with E-state index in [1.165, 1.54) is 0 Å². The average Bonchev–Trinajstić information content (AvgIpc) is 3.09. The van der Waals surface area contributed by atoms with Gasteiger partial charge in [0.2, 0.25) is 5.91 Å². The van der Waals surface area contributed by atoms with Crippen molar-refractivity contribution in [1.29, 1.82) is 0 Å². The first-order valence-electron chi connectivity index (χ1n) is 8.25. The van der Waals surface area contributed by atoms with Crippen LogP contribution in [0.5, 0.6) is 11.5 Å². The number of methoxy groups -OCH3 is 2. The number of carbonyl (C=O) groups is 1. The molecular weight excluding hydrogens is 294 g/mol. The van der Waals surface area contributed by atoms with Crippen molar-refractivity contribution in [3.8, 4) is 11.5 Å². The molecule has 1 aliphatic carbocycles. The number of hydrogen-bond donors (Lipinski definition) is 1. The van der Waals surface area contributed by atoms with Gasteiger partial charge in [0.15, 0.2) is 11.5 Å². The van der Waals surface area contributed by atoms with Gasteiger partial charge in [-0.05, 0) is 37.5 Å². The van der Waals surface area contributed by atoms with Crippen LogP contribution in [0.2, 0.25) is 0 Å². The third-order valence-corrected chi connectivity index (χ3v) is 4.32. The Morgan fingerprint density at radius 3 is 2.61 bits per heavy atom. The summed E-state index contributed by atoms with van der Waals surface area (Å²) in [7, 11) is 3.25. The third kappa shape index (κ3) is 4.86. The van der Waals surface area contributed by atoms with Crippen molar-refractivity contribution >= 4 is 5.91 Å². The van der Waals surface area contributed by atoms with E-state index in [0.29, 0.717) is 24.7 Å². The fraction of sp³-hybridized carbons (Fsp3) is 0.611. The average molecular weight is 321 g/mol. The molecule has 0 heterocycles. The molecule has 2 rings (SSSR count). The molecule has 0 bridgehead atoms. The van der Waals surface area contributed by atoms with Crippen molar-refractivity contribution < 1.29 is 19.0 Å². The first kappa shape index (κ1) is 17.6. The predicted molar refractivity (Wildman–Crippen MR) is 88.9 cm³/mol. The number of carbonyl (C=O) groups excluding carboxylic acids is 1. The maximum Gasteiger partial charge on any atom is 0.223 e. The van der Waals surface area contributed by atoms with Crippen molar-refractivity contribution in [2.45, 2.75) is 38.6 Å². The fourth-order valence-corrected chi connectivity index (χ4v) is 2.91. The molecule has 1 N–H and O–H groups in total. The predicted octanol–water partition coefficient (Wildman–Crippen LogP) is 3.09. The SMILES string of the molecule is COCCOc1ccc(C(C)NC(=O)C2CCCC2)cc1OC. The van der Waals surface area contributed by atoms with Gasteiger partial charge in [-0.3, -0.25) is 4.79 Å². The second-order valence-corrected chi connectivity index (χ2v) is 5.96. The summed E-state index contributed by atoms with van der Waals surface area (Å²) in [5, 5.41) is 3.11. The molecule has 1 aliphatic rings. The molecule has 0 aromatic heterocycles. The van der Waals surface area contributed by atoms with Gasteiger partial charge in [-0.2, -0.15) is 0 Å². The van der Waals surface area contributed by atoms with E-state index in [9.17, 15) is 4.79 Å². The lowest BCUT2D eigenvalue weighted by Gasteiger charge is -2.19. The summed E-state index contributed by atoms with van der Waals surface area (Å²) in [5.74, 6) is 1.69. The van der Waals surface area contributed by atoms with Crippen molar-refractivity contribution in [3.05, 3.63) is 23.8 Å². The molecule has 0 aliphatic heterocycles. The summed E-state index contributed by atoms with van der Waals surface area (Å²) in [6, 6.07) is 5.71. The van der Waals surface area contributed by atoms with E-state index in [1.807, 2.05) is 25.1 Å². The standard InChI is InChI=1S/C18H27NO4/c1-13(19-18(20)14-6-4-5-7-14)15-8-9-16(17(12-15)22-3)23-11-10-21-2/h8-9,12-14H,4-7,10-11H2,1-3H3,(H,19,20). The topological polar surface area (TPSA) is 56.8 Å². The zero-order valence-corrected chi connectivity index (χ0v) is 14.3.